The van der Waals surface area contributed by atoms with Crippen LogP contribution in [0, 0.1) is 15.9 Å². The Morgan fingerprint density at radius 1 is 1.33 bits per heavy atom. The number of hydrogen-bond acceptors (Lipinski definition) is 2. The van der Waals surface area contributed by atoms with E-state index < -0.39 is 10.7 Å². The summed E-state index contributed by atoms with van der Waals surface area (Å²) in [6.45, 7) is 0. The van der Waals surface area contributed by atoms with E-state index in [1.165, 1.54) is 12.1 Å². The molecule has 5 heteroatoms. The second-order valence-electron chi connectivity index (χ2n) is 3.01. The fourth-order valence-electron chi connectivity index (χ4n) is 1.33. The largest absolute Gasteiger partial charge is 0.361 e. The number of non-ortho nitro benzene ring substituents is 1. The molecule has 0 saturated carbocycles. The first-order valence-corrected chi connectivity index (χ1v) is 4.26. The van der Waals surface area contributed by atoms with E-state index in [4.69, 9.17) is 0 Å². The van der Waals surface area contributed by atoms with Crippen LogP contribution in [-0.2, 0) is 0 Å². The third kappa shape index (κ3) is 1.71. The van der Waals surface area contributed by atoms with Crippen LogP contribution >= 0.6 is 0 Å². The molecule has 76 valence electrons. The number of rotatable bonds is 2. The molecule has 15 heavy (non-hydrogen) atoms. The van der Waals surface area contributed by atoms with Crippen LogP contribution < -0.4 is 0 Å². The minimum absolute atomic E-state index is 0.247. The monoisotopic (exact) mass is 206 g/mol. The van der Waals surface area contributed by atoms with Crippen LogP contribution in [0.15, 0.2) is 36.5 Å². The van der Waals surface area contributed by atoms with Gasteiger partial charge < -0.3 is 4.98 Å². The molecule has 0 aliphatic heterocycles. The van der Waals surface area contributed by atoms with Gasteiger partial charge in [-0.1, -0.05) is 0 Å². The third-order valence-corrected chi connectivity index (χ3v) is 2.05. The second-order valence-corrected chi connectivity index (χ2v) is 3.01. The summed E-state index contributed by atoms with van der Waals surface area (Å²) in [7, 11) is 0. The van der Waals surface area contributed by atoms with Crippen molar-refractivity contribution in [3.63, 3.8) is 0 Å². The zero-order valence-electron chi connectivity index (χ0n) is 7.61. The Bertz CT molecular complexity index is 494. The molecule has 0 atom stereocenters. The Morgan fingerprint density at radius 2 is 2.13 bits per heavy atom. The van der Waals surface area contributed by atoms with Gasteiger partial charge in [-0.25, -0.2) is 4.39 Å². The Labute approximate surface area is 84.5 Å². The van der Waals surface area contributed by atoms with E-state index in [0.29, 0.717) is 11.3 Å². The van der Waals surface area contributed by atoms with Crippen molar-refractivity contribution in [2.45, 2.75) is 0 Å². The Balaban J connectivity index is 2.48. The van der Waals surface area contributed by atoms with E-state index in [0.717, 1.165) is 6.07 Å². The van der Waals surface area contributed by atoms with Gasteiger partial charge in [0.2, 0.25) is 0 Å². The predicted molar refractivity (Wildman–Crippen MR) is 52.8 cm³/mol. The number of aromatic amines is 1. The van der Waals surface area contributed by atoms with Crippen LogP contribution in [0.2, 0.25) is 0 Å². The lowest BCUT2D eigenvalue weighted by Gasteiger charge is -1.99. The summed E-state index contributed by atoms with van der Waals surface area (Å²) in [5.41, 5.74) is 0.677. The van der Waals surface area contributed by atoms with Crippen molar-refractivity contribution in [2.24, 2.45) is 0 Å². The molecule has 2 rings (SSSR count). The van der Waals surface area contributed by atoms with E-state index in [9.17, 15) is 14.5 Å². The molecule has 4 nitrogen and oxygen atoms in total. The zero-order chi connectivity index (χ0) is 10.8. The Kier molecular flexibility index (Phi) is 2.21. The molecule has 0 fully saturated rings. The highest BCUT2D eigenvalue weighted by Gasteiger charge is 2.11. The lowest BCUT2D eigenvalue weighted by atomic mass is 10.1. The molecule has 1 heterocycles. The van der Waals surface area contributed by atoms with Gasteiger partial charge in [-0.2, -0.15) is 0 Å². The van der Waals surface area contributed by atoms with E-state index in [1.54, 1.807) is 18.3 Å². The van der Waals surface area contributed by atoms with Crippen LogP contribution in [0.5, 0.6) is 0 Å². The van der Waals surface area contributed by atoms with Crippen LogP contribution in [0.4, 0.5) is 10.1 Å². The topological polar surface area (TPSA) is 58.9 Å². The average Bonchev–Trinajstić information content (AvgIpc) is 2.70. The number of nitro groups is 1. The molecule has 0 saturated heterocycles. The molecule has 0 amide bonds. The number of nitrogens with one attached hydrogen (secondary N) is 1. The van der Waals surface area contributed by atoms with Crippen molar-refractivity contribution < 1.29 is 9.31 Å². The smallest absolute Gasteiger partial charge is 0.272 e. The molecule has 0 spiro atoms. The number of nitrogens with zero attached hydrogens (tertiary/aromatic N) is 1. The lowest BCUT2D eigenvalue weighted by Crippen LogP contribution is -1.91. The number of halogens is 1. The second kappa shape index (κ2) is 3.53. The molecule has 0 aliphatic carbocycles. The first-order valence-electron chi connectivity index (χ1n) is 4.26. The SMILES string of the molecule is O=[N+]([O-])c1ccc(-c2ccc[nH]2)c(F)c1. The minimum atomic E-state index is -0.623. The van der Waals surface area contributed by atoms with Crippen LogP contribution in [0.1, 0.15) is 0 Å². The summed E-state index contributed by atoms with van der Waals surface area (Å²) in [5.74, 6) is -0.605. The molecule has 1 aromatic carbocycles. The highest BCUT2D eigenvalue weighted by Crippen LogP contribution is 2.24. The summed E-state index contributed by atoms with van der Waals surface area (Å²) < 4.78 is 13.4. The van der Waals surface area contributed by atoms with Crippen molar-refractivity contribution in [3.05, 3.63) is 52.5 Å². The van der Waals surface area contributed by atoms with Gasteiger partial charge in [0.15, 0.2) is 0 Å². The van der Waals surface area contributed by atoms with Crippen molar-refractivity contribution in [3.8, 4) is 11.3 Å². The molecule has 0 unspecified atom stereocenters. The van der Waals surface area contributed by atoms with Gasteiger partial charge in [0.05, 0.1) is 11.0 Å². The van der Waals surface area contributed by atoms with E-state index >= 15 is 0 Å². The van der Waals surface area contributed by atoms with Gasteiger partial charge in [0, 0.05) is 23.5 Å². The van der Waals surface area contributed by atoms with Crippen molar-refractivity contribution in [2.75, 3.05) is 0 Å². The number of nitro benzene ring substituents is 1. The highest BCUT2D eigenvalue weighted by molar-refractivity contribution is 5.61. The first kappa shape index (κ1) is 9.39. The van der Waals surface area contributed by atoms with Crippen LogP contribution in [0.3, 0.4) is 0 Å². The van der Waals surface area contributed by atoms with Gasteiger partial charge in [-0.15, -0.1) is 0 Å². The van der Waals surface area contributed by atoms with Crippen LogP contribution in [-0.4, -0.2) is 9.91 Å². The molecule has 0 aliphatic rings. The van der Waals surface area contributed by atoms with Gasteiger partial charge in [0.25, 0.3) is 5.69 Å². The standard InChI is InChI=1S/C10H7FN2O2/c11-9-6-7(13(14)15)3-4-8(9)10-2-1-5-12-10/h1-6,12H. The lowest BCUT2D eigenvalue weighted by molar-refractivity contribution is -0.385. The molecular formula is C10H7FN2O2. The molecule has 2 aromatic rings. The summed E-state index contributed by atoms with van der Waals surface area (Å²) in [4.78, 5) is 12.6. The molecule has 1 aromatic heterocycles. The van der Waals surface area contributed by atoms with Gasteiger partial charge in [-0.05, 0) is 18.2 Å². The Hall–Kier alpha value is -2.17. The molecule has 1 N–H and O–H groups in total. The van der Waals surface area contributed by atoms with E-state index in [-0.39, 0.29) is 5.69 Å². The average molecular weight is 206 g/mol. The van der Waals surface area contributed by atoms with Crippen molar-refractivity contribution >= 4 is 5.69 Å². The first-order chi connectivity index (χ1) is 7.18. The van der Waals surface area contributed by atoms with Crippen molar-refractivity contribution in [1.29, 1.82) is 0 Å². The molecule has 0 radical (unpaired) electrons. The third-order valence-electron chi connectivity index (χ3n) is 2.05. The fraction of sp³-hybridized carbons (Fsp3) is 0. The zero-order valence-corrected chi connectivity index (χ0v) is 7.61. The summed E-state index contributed by atoms with van der Waals surface area (Å²) >= 11 is 0. The summed E-state index contributed by atoms with van der Waals surface area (Å²) in [6, 6.07) is 7.01. The minimum Gasteiger partial charge on any atom is -0.361 e. The quantitative estimate of drug-likeness (QED) is 0.606. The molecule has 0 bridgehead atoms. The molecular weight excluding hydrogens is 199 g/mol. The number of benzene rings is 1. The van der Waals surface area contributed by atoms with Crippen molar-refractivity contribution in [1.82, 2.24) is 4.98 Å². The highest BCUT2D eigenvalue weighted by atomic mass is 19.1. The fourth-order valence-corrected chi connectivity index (χ4v) is 1.33. The van der Waals surface area contributed by atoms with Gasteiger partial charge in [0.1, 0.15) is 5.82 Å². The maximum absolute atomic E-state index is 13.4. The van der Waals surface area contributed by atoms with Crippen LogP contribution in [0.25, 0.3) is 11.3 Å². The summed E-state index contributed by atoms with van der Waals surface area (Å²) in [6.07, 6.45) is 1.66. The Morgan fingerprint density at radius 3 is 2.67 bits per heavy atom. The van der Waals surface area contributed by atoms with E-state index in [1.807, 2.05) is 0 Å². The normalized spacial score (nSPS) is 10.2. The number of hydrogen-bond donors (Lipinski definition) is 1. The maximum Gasteiger partial charge on any atom is 0.272 e. The number of H-pyrrole nitrogens is 1. The summed E-state index contributed by atoms with van der Waals surface area (Å²) in [5, 5.41) is 10.4. The maximum atomic E-state index is 13.4. The van der Waals surface area contributed by atoms with Gasteiger partial charge >= 0.3 is 0 Å². The van der Waals surface area contributed by atoms with Gasteiger partial charge in [-0.3, -0.25) is 10.1 Å². The predicted octanol–water partition coefficient (Wildman–Crippen LogP) is 2.73. The van der Waals surface area contributed by atoms with E-state index in [2.05, 4.69) is 4.98 Å². The number of aromatic nitrogens is 1.